The summed E-state index contributed by atoms with van der Waals surface area (Å²) in [5.41, 5.74) is 1.20. The lowest BCUT2D eigenvalue weighted by molar-refractivity contribution is -0.143. The van der Waals surface area contributed by atoms with Crippen LogP contribution < -0.4 is 31.9 Å². The monoisotopic (exact) mass is 924 g/mol. The Morgan fingerprint density at radius 3 is 1.33 bits per heavy atom. The highest BCUT2D eigenvalue weighted by Crippen LogP contribution is 2.29. The topological polar surface area (TPSA) is 324 Å². The smallest absolute Gasteiger partial charge is 0.326 e. The number of aliphatic carboxylic acids is 4. The fourth-order valence-electron chi connectivity index (χ4n) is 6.69. The number of carboxylic acid groups (broad SMARTS) is 4. The van der Waals surface area contributed by atoms with E-state index in [0.29, 0.717) is 16.7 Å². The summed E-state index contributed by atoms with van der Waals surface area (Å²) in [6.45, 7) is 1.00. The van der Waals surface area contributed by atoms with Gasteiger partial charge < -0.3 is 52.3 Å². The Balaban J connectivity index is 2.13. The van der Waals surface area contributed by atoms with Crippen molar-refractivity contribution < 1.29 is 77.2 Å². The van der Waals surface area contributed by atoms with Gasteiger partial charge in [-0.3, -0.25) is 43.2 Å². The van der Waals surface area contributed by atoms with Gasteiger partial charge in [-0.2, -0.15) is 0 Å². The number of alkyl halides is 2. The standard InChI is InChI=1S/C44H50F2N6O14/c1-24(53)47-31(23-36(58)59)42(63)48-29(18-20-35(56)57)40(61)52-38(37(26-13-7-3-8-14-26)27-15-9-4-10-16-27)43(64)49-28(17-19-34(54)55)39(60)50-30(21-25-11-5-2-6-12-25)41(62)51-32(44(65)66)22-33(45)46/h2-16,28-33,37-38H,17-23H2,1H3,(H,47,53)(H,48,63)(H,49,64)(H,50,60)(H,51,62)(H,52,61)(H,54,55)(H,56,57)(H,58,59)(H,65,66)/t28-,29-,30-,31-,32-,38-/m0/s1. The number of nitrogens with one attached hydrogen (secondary N) is 6. The fourth-order valence-corrected chi connectivity index (χ4v) is 6.69. The van der Waals surface area contributed by atoms with E-state index in [1.54, 1.807) is 91.0 Å². The highest BCUT2D eigenvalue weighted by Gasteiger charge is 2.38. The van der Waals surface area contributed by atoms with Crippen molar-refractivity contribution in [2.75, 3.05) is 0 Å². The van der Waals surface area contributed by atoms with Crippen LogP contribution in [0.15, 0.2) is 91.0 Å². The summed E-state index contributed by atoms with van der Waals surface area (Å²) in [6.07, 6.45) is -8.42. The summed E-state index contributed by atoms with van der Waals surface area (Å²) < 4.78 is 26.5. The summed E-state index contributed by atoms with van der Waals surface area (Å²) in [5, 5.41) is 51.7. The van der Waals surface area contributed by atoms with E-state index in [1.807, 2.05) is 5.32 Å². The number of carbonyl (C=O) groups excluding carboxylic acids is 6. The molecule has 3 aromatic rings. The lowest BCUT2D eigenvalue weighted by atomic mass is 9.84. The van der Waals surface area contributed by atoms with Crippen LogP contribution in [0.1, 0.15) is 68.1 Å². The number of amides is 6. The third-order valence-electron chi connectivity index (χ3n) is 9.81. The first-order chi connectivity index (χ1) is 31.2. The Bertz CT molecular complexity index is 2130. The Morgan fingerprint density at radius 1 is 0.485 bits per heavy atom. The van der Waals surface area contributed by atoms with Crippen molar-refractivity contribution in [1.29, 1.82) is 0 Å². The zero-order chi connectivity index (χ0) is 48.9. The predicted octanol–water partition coefficient (Wildman–Crippen LogP) is 0.934. The molecule has 0 aliphatic heterocycles. The molecule has 0 aromatic heterocycles. The van der Waals surface area contributed by atoms with Gasteiger partial charge >= 0.3 is 23.9 Å². The van der Waals surface area contributed by atoms with Gasteiger partial charge in [-0.15, -0.1) is 0 Å². The molecule has 0 aliphatic rings. The van der Waals surface area contributed by atoms with E-state index in [0.717, 1.165) is 6.92 Å². The van der Waals surface area contributed by atoms with E-state index in [-0.39, 0.29) is 6.42 Å². The molecule has 3 rings (SSSR count). The minimum absolute atomic E-state index is 0.333. The molecule has 20 nitrogen and oxygen atoms in total. The van der Waals surface area contributed by atoms with Crippen molar-refractivity contribution in [1.82, 2.24) is 31.9 Å². The number of hydrogen-bond donors (Lipinski definition) is 10. The fraction of sp³-hybridized carbons (Fsp3) is 0.364. The normalized spacial score (nSPS) is 13.7. The lowest BCUT2D eigenvalue weighted by Crippen LogP contribution is -2.61. The van der Waals surface area contributed by atoms with E-state index < -0.39 is 146 Å². The Kier molecular flexibility index (Phi) is 20.8. The Labute approximate surface area is 375 Å². The molecule has 3 aromatic carbocycles. The van der Waals surface area contributed by atoms with Crippen molar-refractivity contribution in [3.8, 4) is 0 Å². The summed E-state index contributed by atoms with van der Waals surface area (Å²) in [5.74, 6) is -14.0. The molecule has 6 amide bonds. The van der Waals surface area contributed by atoms with Crippen molar-refractivity contribution in [2.45, 2.75) is 100 Å². The maximum atomic E-state index is 14.8. The van der Waals surface area contributed by atoms with Crippen LogP contribution in [-0.4, -0.2) is 122 Å². The van der Waals surface area contributed by atoms with Crippen LogP contribution in [0.3, 0.4) is 0 Å². The molecule has 0 aliphatic carbocycles. The minimum atomic E-state index is -3.14. The first kappa shape index (κ1) is 52.6. The zero-order valence-electron chi connectivity index (χ0n) is 35.4. The molecule has 0 spiro atoms. The van der Waals surface area contributed by atoms with E-state index in [9.17, 15) is 77.2 Å². The number of carbonyl (C=O) groups is 10. The van der Waals surface area contributed by atoms with Gasteiger partial charge in [0.1, 0.15) is 36.3 Å². The van der Waals surface area contributed by atoms with Gasteiger partial charge in [-0.05, 0) is 29.5 Å². The number of halogens is 2. The molecule has 0 bridgehead atoms. The van der Waals surface area contributed by atoms with Crippen LogP contribution >= 0.6 is 0 Å². The van der Waals surface area contributed by atoms with Crippen LogP contribution in [0.25, 0.3) is 0 Å². The Hall–Kier alpha value is -7.78. The number of hydrogen-bond acceptors (Lipinski definition) is 10. The van der Waals surface area contributed by atoms with Crippen LogP contribution in [0.2, 0.25) is 0 Å². The molecular weight excluding hydrogens is 875 g/mol. The third-order valence-corrected chi connectivity index (χ3v) is 9.81. The lowest BCUT2D eigenvalue weighted by Gasteiger charge is -2.32. The number of carboxylic acids is 4. The largest absolute Gasteiger partial charge is 0.481 e. The van der Waals surface area contributed by atoms with Gasteiger partial charge in [0.25, 0.3) is 0 Å². The first-order valence-electron chi connectivity index (χ1n) is 20.3. The maximum Gasteiger partial charge on any atom is 0.326 e. The van der Waals surface area contributed by atoms with Gasteiger partial charge in [-0.25, -0.2) is 13.6 Å². The zero-order valence-corrected chi connectivity index (χ0v) is 35.4. The molecule has 6 atom stereocenters. The third kappa shape index (κ3) is 17.8. The number of rotatable bonds is 27. The summed E-state index contributed by atoms with van der Waals surface area (Å²) in [4.78, 5) is 129. The first-order valence-corrected chi connectivity index (χ1v) is 20.3. The SMILES string of the molecule is CC(=O)N[C@@H](CC(=O)O)C(=O)N[C@@H](CCC(=O)O)C(=O)N[C@H](C(=O)N[C@@H](CCC(=O)O)C(=O)N[C@@H](Cc1ccccc1)C(=O)N[C@@H](CC(F)F)C(=O)O)C(c1ccccc1)c1ccccc1. The van der Waals surface area contributed by atoms with E-state index >= 15 is 0 Å². The maximum absolute atomic E-state index is 14.8. The molecule has 10 N–H and O–H groups in total. The van der Waals surface area contributed by atoms with E-state index in [4.69, 9.17) is 0 Å². The molecular formula is C44H50F2N6O14. The van der Waals surface area contributed by atoms with E-state index in [2.05, 4.69) is 26.6 Å². The van der Waals surface area contributed by atoms with Crippen LogP contribution in [0, 0.1) is 0 Å². The average Bonchev–Trinajstić information content (AvgIpc) is 3.25. The second kappa shape index (κ2) is 26.1. The molecule has 66 heavy (non-hydrogen) atoms. The van der Waals surface area contributed by atoms with Gasteiger partial charge in [-0.1, -0.05) is 91.0 Å². The van der Waals surface area contributed by atoms with Gasteiger partial charge in [0.15, 0.2) is 0 Å². The number of benzene rings is 3. The van der Waals surface area contributed by atoms with Crippen molar-refractivity contribution in [3.05, 3.63) is 108 Å². The molecule has 0 saturated carbocycles. The molecule has 0 unspecified atom stereocenters. The van der Waals surface area contributed by atoms with Gasteiger partial charge in [0.05, 0.1) is 6.42 Å². The van der Waals surface area contributed by atoms with Crippen molar-refractivity contribution >= 4 is 59.3 Å². The summed E-state index contributed by atoms with van der Waals surface area (Å²) in [7, 11) is 0. The molecule has 0 radical (unpaired) electrons. The quantitative estimate of drug-likeness (QED) is 0.0509. The van der Waals surface area contributed by atoms with Gasteiger partial charge in [0, 0.05) is 38.5 Å². The second-order valence-corrected chi connectivity index (χ2v) is 14.9. The van der Waals surface area contributed by atoms with Crippen LogP contribution in [0.4, 0.5) is 8.78 Å². The van der Waals surface area contributed by atoms with Crippen molar-refractivity contribution in [2.24, 2.45) is 0 Å². The van der Waals surface area contributed by atoms with Gasteiger partial charge in [0.2, 0.25) is 41.9 Å². The molecule has 22 heteroatoms. The average molecular weight is 925 g/mol. The van der Waals surface area contributed by atoms with Crippen molar-refractivity contribution in [3.63, 3.8) is 0 Å². The molecule has 354 valence electrons. The van der Waals surface area contributed by atoms with Crippen LogP contribution in [-0.2, 0) is 54.4 Å². The molecule has 0 heterocycles. The Morgan fingerprint density at radius 2 is 0.894 bits per heavy atom. The highest BCUT2D eigenvalue weighted by molar-refractivity contribution is 5.98. The molecule has 0 saturated heterocycles. The predicted molar refractivity (Wildman–Crippen MR) is 226 cm³/mol. The van der Waals surface area contributed by atoms with Crippen LogP contribution in [0.5, 0.6) is 0 Å². The summed E-state index contributed by atoms with van der Waals surface area (Å²) in [6, 6.07) is 13.1. The van der Waals surface area contributed by atoms with E-state index in [1.165, 1.54) is 0 Å². The highest BCUT2D eigenvalue weighted by atomic mass is 19.3. The second-order valence-electron chi connectivity index (χ2n) is 14.9. The minimum Gasteiger partial charge on any atom is -0.481 e. The summed E-state index contributed by atoms with van der Waals surface area (Å²) >= 11 is 0. The molecule has 0 fully saturated rings.